The summed E-state index contributed by atoms with van der Waals surface area (Å²) in [5, 5.41) is 7.91. The van der Waals surface area contributed by atoms with Crippen LogP contribution in [0.25, 0.3) is 10.8 Å². The number of hydrogen-bond donors (Lipinski definition) is 2. The summed E-state index contributed by atoms with van der Waals surface area (Å²) in [7, 11) is 0. The molecule has 0 unspecified atom stereocenters. The molecule has 1 heterocycles. The molecule has 1 aliphatic heterocycles. The molecule has 0 aliphatic carbocycles. The molecular formula is C23H21N3O4. The Hall–Kier alpha value is -3.87. The molecule has 1 aliphatic rings. The molecule has 3 aromatic rings. The summed E-state index contributed by atoms with van der Waals surface area (Å²) in [4.78, 5) is 37.4. The Morgan fingerprint density at radius 1 is 0.967 bits per heavy atom. The molecule has 0 aromatic heterocycles. The van der Waals surface area contributed by atoms with Crippen LogP contribution in [0.15, 0.2) is 72.8 Å². The Kier molecular flexibility index (Phi) is 5.61. The van der Waals surface area contributed by atoms with E-state index in [1.807, 2.05) is 72.8 Å². The van der Waals surface area contributed by atoms with Crippen molar-refractivity contribution in [3.63, 3.8) is 0 Å². The highest BCUT2D eigenvalue weighted by Crippen LogP contribution is 2.19. The number of cyclic esters (lactones) is 1. The zero-order valence-corrected chi connectivity index (χ0v) is 16.2. The van der Waals surface area contributed by atoms with E-state index in [-0.39, 0.29) is 13.2 Å². The number of imide groups is 1. The van der Waals surface area contributed by atoms with Crippen molar-refractivity contribution in [1.82, 2.24) is 15.5 Å². The second kappa shape index (κ2) is 8.65. The Morgan fingerprint density at radius 3 is 2.47 bits per heavy atom. The molecule has 30 heavy (non-hydrogen) atoms. The Labute approximate surface area is 173 Å². The van der Waals surface area contributed by atoms with Crippen LogP contribution >= 0.6 is 0 Å². The lowest BCUT2D eigenvalue weighted by Gasteiger charge is -2.23. The van der Waals surface area contributed by atoms with Gasteiger partial charge in [-0.2, -0.15) is 0 Å². The van der Waals surface area contributed by atoms with Crippen molar-refractivity contribution in [1.29, 1.82) is 0 Å². The first kappa shape index (κ1) is 19.4. The summed E-state index contributed by atoms with van der Waals surface area (Å²) < 4.78 is 4.77. The van der Waals surface area contributed by atoms with Crippen molar-refractivity contribution in [2.75, 3.05) is 13.2 Å². The van der Waals surface area contributed by atoms with Gasteiger partial charge in [-0.15, -0.1) is 0 Å². The van der Waals surface area contributed by atoms with E-state index in [2.05, 4.69) is 10.6 Å². The minimum absolute atomic E-state index is 0.00334. The number of nitrogens with zero attached hydrogens (tertiary/aromatic N) is 1. The monoisotopic (exact) mass is 403 g/mol. The molecule has 2 N–H and O–H groups in total. The normalized spacial score (nSPS) is 14.5. The van der Waals surface area contributed by atoms with Crippen molar-refractivity contribution >= 4 is 28.8 Å². The third-order valence-corrected chi connectivity index (χ3v) is 5.03. The largest absolute Gasteiger partial charge is 0.439 e. The highest BCUT2D eigenvalue weighted by Gasteiger charge is 2.33. The Morgan fingerprint density at radius 2 is 1.70 bits per heavy atom. The molecule has 0 saturated carbocycles. The summed E-state index contributed by atoms with van der Waals surface area (Å²) in [5.74, 6) is -0.418. The first-order valence-electron chi connectivity index (χ1n) is 9.65. The molecule has 7 nitrogen and oxygen atoms in total. The minimum Gasteiger partial charge on any atom is -0.439 e. The lowest BCUT2D eigenvalue weighted by Crippen LogP contribution is -2.43. The number of fused-ring (bicyclic) bond motifs is 1. The quantitative estimate of drug-likeness (QED) is 0.661. The predicted octanol–water partition coefficient (Wildman–Crippen LogP) is 3.36. The molecule has 1 fully saturated rings. The zero-order chi connectivity index (χ0) is 20.9. The number of urea groups is 1. The van der Waals surface area contributed by atoms with Crippen LogP contribution in [0.1, 0.15) is 17.2 Å². The van der Waals surface area contributed by atoms with Gasteiger partial charge in [-0.05, 0) is 21.9 Å². The SMILES string of the molecule is O=C(NCc1cccc2ccccc12)N[C@H](CN1C(=O)COC1=O)c1ccccc1. The molecule has 152 valence electrons. The average Bonchev–Trinajstić information content (AvgIpc) is 3.10. The van der Waals surface area contributed by atoms with Crippen LogP contribution in [-0.2, 0) is 16.1 Å². The van der Waals surface area contributed by atoms with Gasteiger partial charge in [-0.3, -0.25) is 4.79 Å². The molecule has 0 bridgehead atoms. The van der Waals surface area contributed by atoms with Crippen LogP contribution in [-0.4, -0.2) is 36.1 Å². The van der Waals surface area contributed by atoms with Gasteiger partial charge in [0.15, 0.2) is 6.61 Å². The number of hydrogen-bond acceptors (Lipinski definition) is 4. The zero-order valence-electron chi connectivity index (χ0n) is 16.2. The van der Waals surface area contributed by atoms with E-state index in [0.29, 0.717) is 6.54 Å². The van der Waals surface area contributed by atoms with Crippen molar-refractivity contribution in [3.8, 4) is 0 Å². The van der Waals surface area contributed by atoms with Gasteiger partial charge in [0.25, 0.3) is 5.91 Å². The fraction of sp³-hybridized carbons (Fsp3) is 0.174. The Balaban J connectivity index is 1.46. The van der Waals surface area contributed by atoms with Gasteiger partial charge in [-0.1, -0.05) is 72.8 Å². The third kappa shape index (κ3) is 4.25. The number of amides is 4. The van der Waals surface area contributed by atoms with Crippen molar-refractivity contribution in [3.05, 3.63) is 83.9 Å². The van der Waals surface area contributed by atoms with E-state index >= 15 is 0 Å². The van der Waals surface area contributed by atoms with Crippen molar-refractivity contribution in [2.45, 2.75) is 12.6 Å². The fourth-order valence-corrected chi connectivity index (χ4v) is 3.49. The molecular weight excluding hydrogens is 382 g/mol. The maximum absolute atomic E-state index is 12.6. The van der Waals surface area contributed by atoms with Gasteiger partial charge in [0.1, 0.15) is 0 Å². The van der Waals surface area contributed by atoms with Crippen LogP contribution in [0.2, 0.25) is 0 Å². The third-order valence-electron chi connectivity index (χ3n) is 5.03. The van der Waals surface area contributed by atoms with E-state index in [0.717, 1.165) is 26.8 Å². The standard InChI is InChI=1S/C23H21N3O4/c27-21-15-30-23(29)26(21)14-20(17-8-2-1-3-9-17)25-22(28)24-13-18-11-6-10-16-7-4-5-12-19(16)18/h1-12,20H,13-15H2,(H2,24,25,28)/t20-/m1/s1. The van der Waals surface area contributed by atoms with Crippen molar-refractivity contribution in [2.24, 2.45) is 0 Å². The highest BCUT2D eigenvalue weighted by atomic mass is 16.6. The first-order valence-corrected chi connectivity index (χ1v) is 9.65. The van der Waals surface area contributed by atoms with Gasteiger partial charge in [0.05, 0.1) is 12.6 Å². The van der Waals surface area contributed by atoms with Crippen LogP contribution in [0.4, 0.5) is 9.59 Å². The summed E-state index contributed by atoms with van der Waals surface area (Å²) in [6, 6.07) is 22.2. The maximum atomic E-state index is 12.6. The summed E-state index contributed by atoms with van der Waals surface area (Å²) >= 11 is 0. The summed E-state index contributed by atoms with van der Waals surface area (Å²) in [6.45, 7) is 0.0797. The molecule has 3 aromatic carbocycles. The van der Waals surface area contributed by atoms with Gasteiger partial charge in [0, 0.05) is 6.54 Å². The average molecular weight is 403 g/mol. The van der Waals surface area contributed by atoms with E-state index in [9.17, 15) is 14.4 Å². The van der Waals surface area contributed by atoms with Gasteiger partial charge in [0.2, 0.25) is 0 Å². The topological polar surface area (TPSA) is 87.7 Å². The number of nitrogens with one attached hydrogen (secondary N) is 2. The molecule has 4 amide bonds. The minimum atomic E-state index is -0.695. The lowest BCUT2D eigenvalue weighted by molar-refractivity contribution is -0.126. The van der Waals surface area contributed by atoms with Crippen molar-refractivity contribution < 1.29 is 19.1 Å². The summed E-state index contributed by atoms with van der Waals surface area (Å²) in [5.41, 5.74) is 1.78. The predicted molar refractivity (Wildman–Crippen MR) is 112 cm³/mol. The molecule has 4 rings (SSSR count). The van der Waals surface area contributed by atoms with E-state index in [1.165, 1.54) is 0 Å². The maximum Gasteiger partial charge on any atom is 0.417 e. The smallest absolute Gasteiger partial charge is 0.417 e. The number of benzene rings is 3. The van der Waals surface area contributed by atoms with E-state index < -0.39 is 24.1 Å². The van der Waals surface area contributed by atoms with E-state index in [1.54, 1.807) is 0 Å². The van der Waals surface area contributed by atoms with Gasteiger partial charge < -0.3 is 15.4 Å². The second-order valence-corrected chi connectivity index (χ2v) is 6.99. The highest BCUT2D eigenvalue weighted by molar-refractivity contribution is 5.97. The molecule has 0 spiro atoms. The van der Waals surface area contributed by atoms with Crippen LogP contribution in [0.3, 0.4) is 0 Å². The molecule has 0 radical (unpaired) electrons. The number of carbonyl (C=O) groups is 3. The number of carbonyl (C=O) groups excluding carboxylic acids is 3. The van der Waals surface area contributed by atoms with E-state index in [4.69, 9.17) is 4.74 Å². The van der Waals surface area contributed by atoms with Gasteiger partial charge >= 0.3 is 12.1 Å². The number of rotatable bonds is 6. The summed E-state index contributed by atoms with van der Waals surface area (Å²) in [6.07, 6.45) is -0.695. The van der Waals surface area contributed by atoms with Crippen LogP contribution in [0, 0.1) is 0 Å². The fourth-order valence-electron chi connectivity index (χ4n) is 3.49. The van der Waals surface area contributed by atoms with Crippen LogP contribution in [0.5, 0.6) is 0 Å². The Bertz CT molecular complexity index is 1060. The molecule has 7 heteroatoms. The van der Waals surface area contributed by atoms with Gasteiger partial charge in [-0.25, -0.2) is 14.5 Å². The molecule has 1 atom stereocenters. The molecule has 1 saturated heterocycles. The second-order valence-electron chi connectivity index (χ2n) is 6.99. The lowest BCUT2D eigenvalue weighted by atomic mass is 10.0. The first-order chi connectivity index (χ1) is 14.6. The van der Waals surface area contributed by atoms with Crippen LogP contribution < -0.4 is 10.6 Å². The number of ether oxygens (including phenoxy) is 1.